The Morgan fingerprint density at radius 2 is 1.68 bits per heavy atom. The molecule has 0 spiro atoms. The normalized spacial score (nSPS) is 20.2. The SMILES string of the molecule is O=C1OC(=O)C(C2CCCC2)=C1Cc1ccccc1. The molecule has 3 nitrogen and oxygen atoms in total. The first-order valence-corrected chi connectivity index (χ1v) is 6.79. The molecule has 19 heavy (non-hydrogen) atoms. The lowest BCUT2D eigenvalue weighted by atomic mass is 9.91. The minimum absolute atomic E-state index is 0.220. The molecule has 0 radical (unpaired) electrons. The lowest BCUT2D eigenvalue weighted by Crippen LogP contribution is -2.08. The molecule has 1 aromatic rings. The molecule has 1 aromatic carbocycles. The van der Waals surface area contributed by atoms with Gasteiger partial charge in [0.05, 0.1) is 11.1 Å². The third-order valence-corrected chi connectivity index (χ3v) is 3.96. The molecule has 0 aromatic heterocycles. The van der Waals surface area contributed by atoms with E-state index < -0.39 is 11.9 Å². The summed E-state index contributed by atoms with van der Waals surface area (Å²) in [6.07, 6.45) is 4.76. The summed E-state index contributed by atoms with van der Waals surface area (Å²) in [6.45, 7) is 0. The minimum atomic E-state index is -0.448. The van der Waals surface area contributed by atoms with Crippen LogP contribution in [0.2, 0.25) is 0 Å². The van der Waals surface area contributed by atoms with Crippen LogP contribution in [0.1, 0.15) is 31.2 Å². The highest BCUT2D eigenvalue weighted by molar-refractivity contribution is 6.12. The molecule has 1 saturated carbocycles. The fourth-order valence-corrected chi connectivity index (χ4v) is 3.03. The molecule has 98 valence electrons. The predicted octanol–water partition coefficient (Wildman–Crippen LogP) is 2.80. The summed E-state index contributed by atoms with van der Waals surface area (Å²) < 4.78 is 4.82. The Morgan fingerprint density at radius 1 is 1.00 bits per heavy atom. The van der Waals surface area contributed by atoms with Crippen molar-refractivity contribution >= 4 is 11.9 Å². The molecular weight excluding hydrogens is 240 g/mol. The summed E-state index contributed by atoms with van der Waals surface area (Å²) in [5.41, 5.74) is 2.26. The highest BCUT2D eigenvalue weighted by Crippen LogP contribution is 2.37. The van der Waals surface area contributed by atoms with E-state index in [2.05, 4.69) is 0 Å². The molecular formula is C16H16O3. The zero-order valence-electron chi connectivity index (χ0n) is 10.7. The van der Waals surface area contributed by atoms with Crippen molar-refractivity contribution in [2.75, 3.05) is 0 Å². The van der Waals surface area contributed by atoms with Crippen LogP contribution in [0.15, 0.2) is 41.5 Å². The number of ether oxygens (including phenoxy) is 1. The monoisotopic (exact) mass is 256 g/mol. The number of cyclic esters (lactones) is 2. The topological polar surface area (TPSA) is 43.4 Å². The lowest BCUT2D eigenvalue weighted by Gasteiger charge is -2.09. The molecule has 3 heteroatoms. The molecule has 0 N–H and O–H groups in total. The molecule has 1 fully saturated rings. The highest BCUT2D eigenvalue weighted by Gasteiger charge is 2.38. The van der Waals surface area contributed by atoms with Crippen LogP contribution in [0.25, 0.3) is 0 Å². The molecule has 1 aliphatic heterocycles. The molecule has 0 bridgehead atoms. The molecule has 2 aliphatic rings. The Bertz CT molecular complexity index is 536. The predicted molar refractivity (Wildman–Crippen MR) is 70.2 cm³/mol. The Morgan fingerprint density at radius 3 is 2.37 bits per heavy atom. The molecule has 3 rings (SSSR count). The average molecular weight is 256 g/mol. The van der Waals surface area contributed by atoms with Gasteiger partial charge in [0, 0.05) is 6.42 Å². The first-order valence-electron chi connectivity index (χ1n) is 6.79. The largest absolute Gasteiger partial charge is 0.386 e. The summed E-state index contributed by atoms with van der Waals surface area (Å²) in [6, 6.07) is 9.75. The maximum Gasteiger partial charge on any atom is 0.342 e. The molecule has 0 unspecified atom stereocenters. The lowest BCUT2D eigenvalue weighted by molar-refractivity contribution is -0.151. The van der Waals surface area contributed by atoms with Crippen molar-refractivity contribution in [3.05, 3.63) is 47.0 Å². The number of benzene rings is 1. The van der Waals surface area contributed by atoms with Crippen molar-refractivity contribution in [3.8, 4) is 0 Å². The minimum Gasteiger partial charge on any atom is -0.386 e. The van der Waals surface area contributed by atoms with E-state index in [1.165, 1.54) is 0 Å². The first-order chi connectivity index (χ1) is 9.25. The van der Waals surface area contributed by atoms with Gasteiger partial charge in [-0.15, -0.1) is 0 Å². The second-order valence-corrected chi connectivity index (χ2v) is 5.21. The fraction of sp³-hybridized carbons (Fsp3) is 0.375. The number of rotatable bonds is 3. The number of carbonyl (C=O) groups is 2. The summed E-state index contributed by atoms with van der Waals surface area (Å²) in [7, 11) is 0. The van der Waals surface area contributed by atoms with Gasteiger partial charge in [0.15, 0.2) is 0 Å². The smallest absolute Gasteiger partial charge is 0.342 e. The van der Waals surface area contributed by atoms with Crippen molar-refractivity contribution in [3.63, 3.8) is 0 Å². The van der Waals surface area contributed by atoms with Crippen LogP contribution in [0, 0.1) is 5.92 Å². The van der Waals surface area contributed by atoms with Gasteiger partial charge in [-0.25, -0.2) is 9.59 Å². The van der Waals surface area contributed by atoms with Crippen molar-refractivity contribution in [2.45, 2.75) is 32.1 Å². The average Bonchev–Trinajstić information content (AvgIpc) is 3.00. The Labute approximate surface area is 112 Å². The maximum atomic E-state index is 11.9. The van der Waals surface area contributed by atoms with Crippen molar-refractivity contribution in [1.82, 2.24) is 0 Å². The van der Waals surface area contributed by atoms with Gasteiger partial charge in [-0.1, -0.05) is 43.2 Å². The number of hydrogen-bond acceptors (Lipinski definition) is 3. The molecule has 0 atom stereocenters. The van der Waals surface area contributed by atoms with Gasteiger partial charge in [-0.3, -0.25) is 0 Å². The van der Waals surface area contributed by atoms with Crippen LogP contribution in [0.3, 0.4) is 0 Å². The second kappa shape index (κ2) is 5.00. The van der Waals surface area contributed by atoms with Gasteiger partial charge >= 0.3 is 11.9 Å². The Balaban J connectivity index is 1.93. The standard InChI is InChI=1S/C16H16O3/c17-15-13(10-11-6-2-1-3-7-11)14(16(18)19-15)12-8-4-5-9-12/h1-3,6-7,12H,4-5,8-10H2. The molecule has 0 saturated heterocycles. The van der Waals surface area contributed by atoms with Crippen molar-refractivity contribution in [2.24, 2.45) is 5.92 Å². The van der Waals surface area contributed by atoms with E-state index in [1.807, 2.05) is 30.3 Å². The zero-order valence-corrected chi connectivity index (χ0v) is 10.7. The van der Waals surface area contributed by atoms with Gasteiger partial charge in [0.1, 0.15) is 0 Å². The first kappa shape index (κ1) is 12.2. The zero-order chi connectivity index (χ0) is 13.2. The Hall–Kier alpha value is -1.90. The second-order valence-electron chi connectivity index (χ2n) is 5.21. The number of carbonyl (C=O) groups excluding carboxylic acids is 2. The fourth-order valence-electron chi connectivity index (χ4n) is 3.03. The van der Waals surface area contributed by atoms with E-state index in [0.717, 1.165) is 31.2 Å². The van der Waals surface area contributed by atoms with E-state index in [1.54, 1.807) is 0 Å². The van der Waals surface area contributed by atoms with E-state index >= 15 is 0 Å². The van der Waals surface area contributed by atoms with Gasteiger partial charge in [-0.2, -0.15) is 0 Å². The summed E-state index contributed by atoms with van der Waals surface area (Å²) in [4.78, 5) is 23.7. The van der Waals surface area contributed by atoms with Crippen LogP contribution in [-0.2, 0) is 20.7 Å². The highest BCUT2D eigenvalue weighted by atomic mass is 16.6. The number of hydrogen-bond donors (Lipinski definition) is 0. The van der Waals surface area contributed by atoms with Crippen LogP contribution in [0.4, 0.5) is 0 Å². The van der Waals surface area contributed by atoms with Crippen LogP contribution >= 0.6 is 0 Å². The molecule has 0 amide bonds. The van der Waals surface area contributed by atoms with Crippen molar-refractivity contribution < 1.29 is 14.3 Å². The molecule has 1 aliphatic carbocycles. The quantitative estimate of drug-likeness (QED) is 0.617. The van der Waals surface area contributed by atoms with Crippen LogP contribution in [-0.4, -0.2) is 11.9 Å². The third kappa shape index (κ3) is 2.33. The number of esters is 2. The van der Waals surface area contributed by atoms with Gasteiger partial charge in [0.2, 0.25) is 0 Å². The maximum absolute atomic E-state index is 11.9. The van der Waals surface area contributed by atoms with Crippen molar-refractivity contribution in [1.29, 1.82) is 0 Å². The van der Waals surface area contributed by atoms with Gasteiger partial charge in [-0.05, 0) is 24.3 Å². The van der Waals surface area contributed by atoms with E-state index in [9.17, 15) is 9.59 Å². The van der Waals surface area contributed by atoms with E-state index in [4.69, 9.17) is 4.74 Å². The Kier molecular flexibility index (Phi) is 3.20. The summed E-state index contributed by atoms with van der Waals surface area (Å²) >= 11 is 0. The summed E-state index contributed by atoms with van der Waals surface area (Å²) in [5.74, 6) is -0.642. The molecule has 1 heterocycles. The van der Waals surface area contributed by atoms with E-state index in [-0.39, 0.29) is 5.92 Å². The third-order valence-electron chi connectivity index (χ3n) is 3.96. The van der Waals surface area contributed by atoms with Gasteiger partial charge in [0.25, 0.3) is 0 Å². The van der Waals surface area contributed by atoms with E-state index in [0.29, 0.717) is 17.6 Å². The van der Waals surface area contributed by atoms with Crippen LogP contribution < -0.4 is 0 Å². The van der Waals surface area contributed by atoms with Crippen LogP contribution in [0.5, 0.6) is 0 Å². The van der Waals surface area contributed by atoms with Gasteiger partial charge < -0.3 is 4.74 Å². The summed E-state index contributed by atoms with van der Waals surface area (Å²) in [5, 5.41) is 0.